The minimum absolute atomic E-state index is 0.144. The van der Waals surface area contributed by atoms with Crippen LogP contribution in [0, 0.1) is 0 Å². The summed E-state index contributed by atoms with van der Waals surface area (Å²) in [4.78, 5) is 1.35. The van der Waals surface area contributed by atoms with Crippen LogP contribution in [-0.2, 0) is 21.4 Å². The normalized spacial score (nSPS) is 25.1. The highest BCUT2D eigenvalue weighted by Gasteiger charge is 2.37. The molecule has 0 aromatic carbocycles. The van der Waals surface area contributed by atoms with Crippen molar-refractivity contribution in [1.82, 2.24) is 8.61 Å². The molecule has 0 N–H and O–H groups in total. The molecule has 1 aromatic rings. The molecule has 136 valence electrons. The highest BCUT2D eigenvalue weighted by atomic mass is 32.2. The second-order valence-electron chi connectivity index (χ2n) is 6.72. The predicted octanol–water partition coefficient (Wildman–Crippen LogP) is 2.89. The molecule has 0 saturated carbocycles. The zero-order valence-corrected chi connectivity index (χ0v) is 16.0. The average molecular weight is 373 g/mol. The fourth-order valence-electron chi connectivity index (χ4n) is 3.78. The van der Waals surface area contributed by atoms with Gasteiger partial charge in [-0.15, -0.1) is 11.3 Å². The second-order valence-corrected chi connectivity index (χ2v) is 9.63. The van der Waals surface area contributed by atoms with Gasteiger partial charge in [-0.25, -0.2) is 0 Å². The van der Waals surface area contributed by atoms with Crippen LogP contribution in [0.4, 0.5) is 0 Å². The van der Waals surface area contributed by atoms with E-state index >= 15 is 0 Å². The van der Waals surface area contributed by atoms with Crippen LogP contribution in [0.5, 0.6) is 0 Å². The minimum atomic E-state index is -3.34. The largest absolute Gasteiger partial charge is 0.381 e. The molecular weight excluding hydrogens is 344 g/mol. The third kappa shape index (κ3) is 4.19. The summed E-state index contributed by atoms with van der Waals surface area (Å²) in [5.74, 6) is 0. The Morgan fingerprint density at radius 3 is 2.67 bits per heavy atom. The van der Waals surface area contributed by atoms with Gasteiger partial charge in [-0.1, -0.05) is 12.5 Å². The molecule has 2 aliphatic rings. The molecule has 2 fully saturated rings. The minimum Gasteiger partial charge on any atom is -0.381 e. The number of hydrogen-bond donors (Lipinski definition) is 0. The SMILES string of the molecule is COC1CCN(S(=O)(=O)N2CCCC[C@@H]2CCc2cccs2)CC1. The molecule has 1 aromatic heterocycles. The predicted molar refractivity (Wildman–Crippen MR) is 97.5 cm³/mol. The van der Waals surface area contributed by atoms with Gasteiger partial charge in [0.1, 0.15) is 0 Å². The van der Waals surface area contributed by atoms with Gasteiger partial charge in [-0.3, -0.25) is 0 Å². The lowest BCUT2D eigenvalue weighted by molar-refractivity contribution is 0.0581. The molecule has 0 spiro atoms. The van der Waals surface area contributed by atoms with Crippen LogP contribution in [-0.4, -0.2) is 55.9 Å². The molecule has 0 unspecified atom stereocenters. The first-order valence-corrected chi connectivity index (χ1v) is 11.2. The number of rotatable bonds is 6. The van der Waals surface area contributed by atoms with E-state index in [0.717, 1.165) is 44.9 Å². The fourth-order valence-corrected chi connectivity index (χ4v) is 6.42. The van der Waals surface area contributed by atoms with Gasteiger partial charge in [0, 0.05) is 37.7 Å². The molecule has 0 aliphatic carbocycles. The lowest BCUT2D eigenvalue weighted by Gasteiger charge is -2.40. The summed E-state index contributed by atoms with van der Waals surface area (Å²) in [5, 5.41) is 2.09. The lowest BCUT2D eigenvalue weighted by atomic mass is 10.0. The van der Waals surface area contributed by atoms with Gasteiger partial charge in [0.25, 0.3) is 10.2 Å². The Kier molecular flexibility index (Phi) is 6.32. The Morgan fingerprint density at radius 1 is 1.21 bits per heavy atom. The smallest absolute Gasteiger partial charge is 0.282 e. The molecular formula is C17H28N2O3S2. The Balaban J connectivity index is 1.65. The van der Waals surface area contributed by atoms with E-state index in [1.807, 2.05) is 0 Å². The third-order valence-corrected chi connectivity index (χ3v) is 8.26. The van der Waals surface area contributed by atoms with Gasteiger partial charge in [0.2, 0.25) is 0 Å². The van der Waals surface area contributed by atoms with Crippen LogP contribution < -0.4 is 0 Å². The first kappa shape index (κ1) is 18.3. The van der Waals surface area contributed by atoms with Gasteiger partial charge >= 0.3 is 0 Å². The molecule has 0 bridgehead atoms. The second kappa shape index (κ2) is 8.27. The maximum absolute atomic E-state index is 13.1. The highest BCUT2D eigenvalue weighted by molar-refractivity contribution is 7.86. The number of aryl methyl sites for hydroxylation is 1. The van der Waals surface area contributed by atoms with Crippen molar-refractivity contribution in [3.63, 3.8) is 0 Å². The number of thiophene rings is 1. The Hall–Kier alpha value is -0.470. The van der Waals surface area contributed by atoms with Gasteiger partial charge in [0.15, 0.2) is 0 Å². The van der Waals surface area contributed by atoms with E-state index in [1.165, 1.54) is 4.88 Å². The first-order chi connectivity index (χ1) is 11.6. The average Bonchev–Trinajstić information content (AvgIpc) is 3.14. The Labute approximate surface area is 149 Å². The molecule has 3 rings (SSSR count). The van der Waals surface area contributed by atoms with Crippen molar-refractivity contribution in [2.24, 2.45) is 0 Å². The number of methoxy groups -OCH3 is 1. The summed E-state index contributed by atoms with van der Waals surface area (Å²) in [6.45, 7) is 1.83. The lowest BCUT2D eigenvalue weighted by Crippen LogP contribution is -2.53. The van der Waals surface area contributed by atoms with Crippen molar-refractivity contribution in [2.45, 2.75) is 57.1 Å². The van der Waals surface area contributed by atoms with Crippen molar-refractivity contribution in [3.8, 4) is 0 Å². The van der Waals surface area contributed by atoms with Crippen molar-refractivity contribution >= 4 is 21.5 Å². The van der Waals surface area contributed by atoms with Gasteiger partial charge in [0.05, 0.1) is 6.10 Å². The monoisotopic (exact) mass is 372 g/mol. The number of piperidine rings is 2. The summed E-state index contributed by atoms with van der Waals surface area (Å²) in [5.41, 5.74) is 0. The summed E-state index contributed by atoms with van der Waals surface area (Å²) in [7, 11) is -1.63. The van der Waals surface area contributed by atoms with Crippen LogP contribution >= 0.6 is 11.3 Å². The molecule has 0 amide bonds. The Morgan fingerprint density at radius 2 is 2.00 bits per heavy atom. The maximum Gasteiger partial charge on any atom is 0.282 e. The molecule has 2 saturated heterocycles. The number of ether oxygens (including phenoxy) is 1. The van der Waals surface area contributed by atoms with Crippen molar-refractivity contribution < 1.29 is 13.2 Å². The molecule has 2 aliphatic heterocycles. The molecule has 24 heavy (non-hydrogen) atoms. The quantitative estimate of drug-likeness (QED) is 0.771. The van der Waals surface area contributed by atoms with E-state index in [0.29, 0.717) is 19.6 Å². The number of nitrogens with zero attached hydrogens (tertiary/aromatic N) is 2. The van der Waals surface area contributed by atoms with E-state index in [9.17, 15) is 8.42 Å². The fraction of sp³-hybridized carbons (Fsp3) is 0.765. The van der Waals surface area contributed by atoms with Crippen LogP contribution in [0.2, 0.25) is 0 Å². The summed E-state index contributed by atoms with van der Waals surface area (Å²) < 4.78 is 35.1. The van der Waals surface area contributed by atoms with E-state index in [1.54, 1.807) is 27.1 Å². The topological polar surface area (TPSA) is 49.9 Å². The van der Waals surface area contributed by atoms with Crippen molar-refractivity contribution in [3.05, 3.63) is 22.4 Å². The molecule has 3 heterocycles. The van der Waals surface area contributed by atoms with Gasteiger partial charge in [-0.05, 0) is 50.0 Å². The molecule has 7 heteroatoms. The maximum atomic E-state index is 13.1. The number of hydrogen-bond acceptors (Lipinski definition) is 4. The zero-order chi connectivity index (χ0) is 17.0. The standard InChI is InChI=1S/C17H28N2O3S2/c1-22-16-9-12-18(13-10-16)24(20,21)19-11-3-2-5-15(19)7-8-17-6-4-14-23-17/h4,6,14-16H,2-3,5,7-13H2,1H3/t15-/m1/s1. The summed E-state index contributed by atoms with van der Waals surface area (Å²) in [6.07, 6.45) is 6.78. The van der Waals surface area contributed by atoms with E-state index < -0.39 is 10.2 Å². The summed E-state index contributed by atoms with van der Waals surface area (Å²) >= 11 is 1.76. The van der Waals surface area contributed by atoms with Crippen LogP contribution in [0.25, 0.3) is 0 Å². The van der Waals surface area contributed by atoms with Crippen molar-refractivity contribution in [1.29, 1.82) is 0 Å². The molecule has 0 radical (unpaired) electrons. The van der Waals surface area contributed by atoms with E-state index in [4.69, 9.17) is 4.74 Å². The van der Waals surface area contributed by atoms with Gasteiger partial charge in [-0.2, -0.15) is 17.0 Å². The third-order valence-electron chi connectivity index (χ3n) is 5.23. The molecule has 5 nitrogen and oxygen atoms in total. The highest BCUT2D eigenvalue weighted by Crippen LogP contribution is 2.28. The van der Waals surface area contributed by atoms with Crippen LogP contribution in [0.15, 0.2) is 17.5 Å². The van der Waals surface area contributed by atoms with Gasteiger partial charge < -0.3 is 4.74 Å². The van der Waals surface area contributed by atoms with Crippen LogP contribution in [0.1, 0.15) is 43.4 Å². The van der Waals surface area contributed by atoms with Crippen LogP contribution in [0.3, 0.4) is 0 Å². The summed E-state index contributed by atoms with van der Waals surface area (Å²) in [6, 6.07) is 4.35. The first-order valence-electron chi connectivity index (χ1n) is 8.93. The van der Waals surface area contributed by atoms with E-state index in [2.05, 4.69) is 17.5 Å². The van der Waals surface area contributed by atoms with E-state index in [-0.39, 0.29) is 12.1 Å². The van der Waals surface area contributed by atoms with Crippen molar-refractivity contribution in [2.75, 3.05) is 26.7 Å². The molecule has 1 atom stereocenters. The Bertz CT molecular complexity index is 595. The zero-order valence-electron chi connectivity index (χ0n) is 14.4.